The Morgan fingerprint density at radius 1 is 0.933 bits per heavy atom. The minimum absolute atomic E-state index is 0.0814. The van der Waals surface area contributed by atoms with Crippen LogP contribution in [0.4, 0.5) is 0 Å². The molecular weight excluding hydrogens is 378 g/mol. The number of carboxylic acid groups (broad SMARTS) is 1. The molecule has 30 heavy (non-hydrogen) atoms. The minimum Gasteiger partial charge on any atom is -0.480 e. The van der Waals surface area contributed by atoms with Gasteiger partial charge in [0.1, 0.15) is 6.61 Å². The molecule has 0 aromatic heterocycles. The number of carboxylic acids is 1. The number of carbonyl (C=O) groups excluding carboxylic acids is 1. The molecule has 5 nitrogen and oxygen atoms in total. The Hall–Kier alpha value is -3.44. The van der Waals surface area contributed by atoms with Crippen molar-refractivity contribution in [2.75, 3.05) is 6.61 Å². The van der Waals surface area contributed by atoms with Crippen LogP contribution in [0, 0.1) is 5.92 Å². The second-order valence-electron chi connectivity index (χ2n) is 7.95. The highest BCUT2D eigenvalue weighted by Gasteiger charge is 2.54. The molecule has 5 heteroatoms. The predicted molar refractivity (Wildman–Crippen MR) is 112 cm³/mol. The highest BCUT2D eigenvalue weighted by atomic mass is 16.5. The van der Waals surface area contributed by atoms with Gasteiger partial charge in [0.2, 0.25) is 0 Å². The molecule has 0 saturated carbocycles. The average molecular weight is 399 g/mol. The van der Waals surface area contributed by atoms with Crippen LogP contribution < -0.4 is 5.73 Å². The third-order valence-corrected chi connectivity index (χ3v) is 6.43. The fourth-order valence-electron chi connectivity index (χ4n) is 4.91. The van der Waals surface area contributed by atoms with Crippen LogP contribution in [0.1, 0.15) is 28.2 Å². The molecule has 0 unspecified atom stereocenters. The van der Waals surface area contributed by atoms with Crippen molar-refractivity contribution in [1.82, 2.24) is 0 Å². The van der Waals surface area contributed by atoms with Crippen LogP contribution in [0.25, 0.3) is 11.1 Å². The van der Waals surface area contributed by atoms with Gasteiger partial charge in [0.25, 0.3) is 0 Å². The number of carbonyl (C=O) groups is 2. The maximum absolute atomic E-state index is 13.0. The maximum Gasteiger partial charge on any atom is 0.329 e. The van der Waals surface area contributed by atoms with Crippen molar-refractivity contribution in [1.29, 1.82) is 0 Å². The number of aliphatic carboxylic acids is 1. The van der Waals surface area contributed by atoms with Gasteiger partial charge in [-0.1, -0.05) is 72.8 Å². The Kier molecular flexibility index (Phi) is 4.22. The van der Waals surface area contributed by atoms with Crippen molar-refractivity contribution >= 4 is 11.9 Å². The number of hydrogen-bond donors (Lipinski definition) is 2. The summed E-state index contributed by atoms with van der Waals surface area (Å²) in [6.45, 7) is 0.148. The molecule has 2 aliphatic rings. The fraction of sp³-hybridized carbons (Fsp3) is 0.200. The summed E-state index contributed by atoms with van der Waals surface area (Å²) in [6.07, 6.45) is 0.260. The Labute approximate surface area is 174 Å². The molecule has 3 aromatic carbocycles. The van der Waals surface area contributed by atoms with Gasteiger partial charge in [-0.05, 0) is 39.8 Å². The number of fused-ring (bicyclic) bond motifs is 4. The molecule has 0 bridgehead atoms. The summed E-state index contributed by atoms with van der Waals surface area (Å²) in [5, 5.41) is 9.85. The maximum atomic E-state index is 13.0. The SMILES string of the molecule is N[C@@]1(C(=O)O)c2ccccc2C[C@@H]1C(=O)OCC1c2ccccc2-c2ccccc21. The Balaban J connectivity index is 1.42. The van der Waals surface area contributed by atoms with E-state index in [2.05, 4.69) is 12.1 Å². The molecular formula is C25H21NO4. The van der Waals surface area contributed by atoms with Gasteiger partial charge in [-0.2, -0.15) is 0 Å². The minimum atomic E-state index is -1.78. The summed E-state index contributed by atoms with van der Waals surface area (Å²) in [7, 11) is 0. The first kappa shape index (κ1) is 18.6. The summed E-state index contributed by atoms with van der Waals surface area (Å²) >= 11 is 0. The third-order valence-electron chi connectivity index (χ3n) is 6.43. The van der Waals surface area contributed by atoms with Gasteiger partial charge in [-0.3, -0.25) is 4.79 Å². The molecule has 0 saturated heterocycles. The number of benzene rings is 3. The lowest BCUT2D eigenvalue weighted by molar-refractivity contribution is -0.159. The first-order chi connectivity index (χ1) is 14.5. The van der Waals surface area contributed by atoms with E-state index in [1.54, 1.807) is 12.1 Å². The number of esters is 1. The first-order valence-electron chi connectivity index (χ1n) is 9.97. The van der Waals surface area contributed by atoms with E-state index in [0.717, 1.165) is 27.8 Å². The van der Waals surface area contributed by atoms with Crippen molar-refractivity contribution in [3.8, 4) is 11.1 Å². The molecule has 0 amide bonds. The van der Waals surface area contributed by atoms with Gasteiger partial charge < -0.3 is 15.6 Å². The van der Waals surface area contributed by atoms with E-state index < -0.39 is 23.4 Å². The topological polar surface area (TPSA) is 89.6 Å². The molecule has 2 atom stereocenters. The average Bonchev–Trinajstić information content (AvgIpc) is 3.26. The number of nitrogens with two attached hydrogens (primary N) is 1. The zero-order valence-corrected chi connectivity index (χ0v) is 16.2. The molecule has 0 aliphatic heterocycles. The molecule has 150 valence electrons. The van der Waals surface area contributed by atoms with Gasteiger partial charge in [-0.15, -0.1) is 0 Å². The van der Waals surface area contributed by atoms with Crippen LogP contribution in [0.3, 0.4) is 0 Å². The Morgan fingerprint density at radius 2 is 1.50 bits per heavy atom. The molecule has 0 radical (unpaired) electrons. The summed E-state index contributed by atoms with van der Waals surface area (Å²) in [5.74, 6) is -2.83. The summed E-state index contributed by atoms with van der Waals surface area (Å²) in [6, 6.07) is 23.2. The second kappa shape index (κ2) is 6.82. The van der Waals surface area contributed by atoms with Gasteiger partial charge in [0.15, 0.2) is 5.54 Å². The van der Waals surface area contributed by atoms with E-state index in [9.17, 15) is 14.7 Å². The zero-order chi connectivity index (χ0) is 20.9. The quantitative estimate of drug-likeness (QED) is 0.656. The van der Waals surface area contributed by atoms with E-state index in [1.807, 2.05) is 48.5 Å². The highest BCUT2D eigenvalue weighted by molar-refractivity contribution is 5.91. The summed E-state index contributed by atoms with van der Waals surface area (Å²) in [4.78, 5) is 25.1. The Morgan fingerprint density at radius 3 is 2.13 bits per heavy atom. The van der Waals surface area contributed by atoms with E-state index in [4.69, 9.17) is 10.5 Å². The monoisotopic (exact) mass is 399 g/mol. The van der Waals surface area contributed by atoms with Gasteiger partial charge in [0, 0.05) is 5.92 Å². The molecule has 0 heterocycles. The number of hydrogen-bond acceptors (Lipinski definition) is 4. The van der Waals surface area contributed by atoms with Gasteiger partial charge in [0.05, 0.1) is 5.92 Å². The smallest absolute Gasteiger partial charge is 0.329 e. The van der Waals surface area contributed by atoms with Crippen molar-refractivity contribution in [3.63, 3.8) is 0 Å². The Bertz CT molecular complexity index is 1130. The van der Waals surface area contributed by atoms with E-state index in [1.165, 1.54) is 0 Å². The van der Waals surface area contributed by atoms with Gasteiger partial charge in [-0.25, -0.2) is 4.79 Å². The molecule has 3 N–H and O–H groups in total. The van der Waals surface area contributed by atoms with Crippen molar-refractivity contribution in [3.05, 3.63) is 95.1 Å². The lowest BCUT2D eigenvalue weighted by Crippen LogP contribution is -2.52. The second-order valence-corrected chi connectivity index (χ2v) is 7.95. The highest BCUT2D eigenvalue weighted by Crippen LogP contribution is 2.45. The van der Waals surface area contributed by atoms with Crippen LogP contribution in [-0.4, -0.2) is 23.7 Å². The first-order valence-corrected chi connectivity index (χ1v) is 9.97. The molecule has 5 rings (SSSR count). The molecule has 2 aliphatic carbocycles. The standard InChI is InChI=1S/C25H21NO4/c26-25(24(28)29)21-12-6-1-7-15(21)13-22(25)23(27)30-14-20-18-10-4-2-8-16(18)17-9-3-5-11-19(17)20/h1-12,20,22H,13-14,26H2,(H,28,29)/t22-,25+/m1/s1. The van der Waals surface area contributed by atoms with E-state index >= 15 is 0 Å². The van der Waals surface area contributed by atoms with Crippen LogP contribution in [-0.2, 0) is 26.3 Å². The number of ether oxygens (including phenoxy) is 1. The van der Waals surface area contributed by atoms with Crippen LogP contribution in [0.15, 0.2) is 72.8 Å². The number of rotatable bonds is 4. The predicted octanol–water partition coefficient (Wildman–Crippen LogP) is 3.45. The fourth-order valence-corrected chi connectivity index (χ4v) is 4.91. The normalized spacial score (nSPS) is 21.6. The lowest BCUT2D eigenvalue weighted by atomic mass is 9.84. The van der Waals surface area contributed by atoms with Crippen LogP contribution >= 0.6 is 0 Å². The van der Waals surface area contributed by atoms with Crippen LogP contribution in [0.5, 0.6) is 0 Å². The van der Waals surface area contributed by atoms with E-state index in [0.29, 0.717) is 5.56 Å². The largest absolute Gasteiger partial charge is 0.480 e. The lowest BCUT2D eigenvalue weighted by Gasteiger charge is -2.27. The molecule has 0 fully saturated rings. The molecule has 3 aromatic rings. The van der Waals surface area contributed by atoms with Gasteiger partial charge >= 0.3 is 11.9 Å². The van der Waals surface area contributed by atoms with Crippen molar-refractivity contribution < 1.29 is 19.4 Å². The van der Waals surface area contributed by atoms with Crippen LogP contribution in [0.2, 0.25) is 0 Å². The van der Waals surface area contributed by atoms with Crippen molar-refractivity contribution in [2.45, 2.75) is 17.9 Å². The van der Waals surface area contributed by atoms with Crippen molar-refractivity contribution in [2.24, 2.45) is 11.7 Å². The summed E-state index contributed by atoms with van der Waals surface area (Å²) in [5.41, 5.74) is 10.3. The van der Waals surface area contributed by atoms with E-state index in [-0.39, 0.29) is 18.9 Å². The molecule has 0 spiro atoms. The third kappa shape index (κ3) is 2.59. The zero-order valence-electron chi connectivity index (χ0n) is 16.2. The summed E-state index contributed by atoms with van der Waals surface area (Å²) < 4.78 is 5.72.